The molecule has 0 N–H and O–H groups in total. The first-order valence-corrected chi connectivity index (χ1v) is 5.95. The largest absolute Gasteiger partial charge is 0.340 e. The molecule has 0 heterocycles. The Labute approximate surface area is 91.8 Å². The number of alkyl halides is 1. The van der Waals surface area contributed by atoms with Gasteiger partial charge in [0.25, 0.3) is 5.91 Å². The second-order valence-corrected chi connectivity index (χ2v) is 4.76. The monoisotopic (exact) mass is 215 g/mol. The van der Waals surface area contributed by atoms with E-state index in [1.807, 2.05) is 0 Å². The molecule has 3 heteroatoms. The smallest absolute Gasteiger partial charge is 0.259 e. The molecule has 1 rings (SSSR count). The standard InChI is InChI=1S/C12H22FNO/c1-4-12(2,13)11(15)14(3)10-8-6-5-7-9-10/h10H,4-9H2,1-3H3. The maximum Gasteiger partial charge on any atom is 0.259 e. The molecule has 0 spiro atoms. The van der Waals surface area contributed by atoms with Crippen molar-refractivity contribution < 1.29 is 9.18 Å². The summed E-state index contributed by atoms with van der Waals surface area (Å²) in [7, 11) is 1.74. The van der Waals surface area contributed by atoms with E-state index in [0.29, 0.717) is 0 Å². The Morgan fingerprint density at radius 1 is 1.40 bits per heavy atom. The molecule has 0 bridgehead atoms. The molecule has 1 unspecified atom stereocenters. The zero-order chi connectivity index (χ0) is 11.5. The number of carbonyl (C=O) groups is 1. The molecule has 0 saturated heterocycles. The number of rotatable bonds is 3. The van der Waals surface area contributed by atoms with E-state index in [9.17, 15) is 9.18 Å². The van der Waals surface area contributed by atoms with Crippen LogP contribution in [0, 0.1) is 0 Å². The van der Waals surface area contributed by atoms with Crippen LogP contribution in [0.3, 0.4) is 0 Å². The summed E-state index contributed by atoms with van der Waals surface area (Å²) in [6, 6.07) is 0.257. The predicted octanol–water partition coefficient (Wildman–Crippen LogP) is 2.92. The topological polar surface area (TPSA) is 20.3 Å². The molecule has 0 aromatic carbocycles. The maximum atomic E-state index is 13.8. The average Bonchev–Trinajstić information content (AvgIpc) is 2.28. The minimum Gasteiger partial charge on any atom is -0.340 e. The SMILES string of the molecule is CCC(C)(F)C(=O)N(C)C1CCCCC1. The molecular formula is C12H22FNO. The highest BCUT2D eigenvalue weighted by molar-refractivity contribution is 5.84. The third kappa shape index (κ3) is 2.93. The summed E-state index contributed by atoms with van der Waals surface area (Å²) in [6.45, 7) is 3.10. The van der Waals surface area contributed by atoms with Crippen LogP contribution < -0.4 is 0 Å². The quantitative estimate of drug-likeness (QED) is 0.709. The van der Waals surface area contributed by atoms with Gasteiger partial charge in [-0.1, -0.05) is 26.2 Å². The number of carbonyl (C=O) groups excluding carboxylic acids is 1. The van der Waals surface area contributed by atoms with Gasteiger partial charge in [0.15, 0.2) is 5.67 Å². The van der Waals surface area contributed by atoms with Crippen LogP contribution >= 0.6 is 0 Å². The summed E-state index contributed by atoms with van der Waals surface area (Å²) < 4.78 is 13.8. The molecular weight excluding hydrogens is 193 g/mol. The molecule has 0 aliphatic heterocycles. The Hall–Kier alpha value is -0.600. The average molecular weight is 215 g/mol. The first kappa shape index (κ1) is 12.5. The molecule has 0 radical (unpaired) electrons. The fourth-order valence-corrected chi connectivity index (χ4v) is 2.15. The van der Waals surface area contributed by atoms with E-state index in [2.05, 4.69) is 0 Å². The van der Waals surface area contributed by atoms with Crippen LogP contribution in [0.4, 0.5) is 4.39 Å². The van der Waals surface area contributed by atoms with Gasteiger partial charge in [0.2, 0.25) is 0 Å². The Kier molecular flexibility index (Phi) is 4.12. The van der Waals surface area contributed by atoms with Crippen molar-refractivity contribution in [1.29, 1.82) is 0 Å². The third-order valence-electron chi connectivity index (χ3n) is 3.55. The normalized spacial score (nSPS) is 22.1. The van der Waals surface area contributed by atoms with Crippen LogP contribution in [-0.4, -0.2) is 29.6 Å². The van der Waals surface area contributed by atoms with E-state index in [4.69, 9.17) is 0 Å². The summed E-state index contributed by atoms with van der Waals surface area (Å²) in [5, 5.41) is 0. The highest BCUT2D eigenvalue weighted by atomic mass is 19.1. The third-order valence-corrected chi connectivity index (χ3v) is 3.55. The molecule has 1 aliphatic rings. The van der Waals surface area contributed by atoms with Gasteiger partial charge in [0.1, 0.15) is 0 Å². The van der Waals surface area contributed by atoms with Gasteiger partial charge in [-0.3, -0.25) is 4.79 Å². The molecule has 1 amide bonds. The van der Waals surface area contributed by atoms with Gasteiger partial charge >= 0.3 is 0 Å². The van der Waals surface area contributed by atoms with Crippen molar-refractivity contribution in [3.05, 3.63) is 0 Å². The molecule has 1 fully saturated rings. The van der Waals surface area contributed by atoms with E-state index in [1.165, 1.54) is 13.3 Å². The van der Waals surface area contributed by atoms with Crippen LogP contribution in [0.2, 0.25) is 0 Å². The van der Waals surface area contributed by atoms with E-state index in [1.54, 1.807) is 18.9 Å². The van der Waals surface area contributed by atoms with Crippen LogP contribution in [0.5, 0.6) is 0 Å². The molecule has 2 nitrogen and oxygen atoms in total. The Balaban J connectivity index is 2.58. The Morgan fingerprint density at radius 2 is 1.93 bits per heavy atom. The van der Waals surface area contributed by atoms with Crippen molar-refractivity contribution in [2.75, 3.05) is 7.05 Å². The van der Waals surface area contributed by atoms with Crippen molar-refractivity contribution in [2.45, 2.75) is 64.1 Å². The highest BCUT2D eigenvalue weighted by Crippen LogP contribution is 2.25. The van der Waals surface area contributed by atoms with E-state index in [-0.39, 0.29) is 18.4 Å². The van der Waals surface area contributed by atoms with Crippen LogP contribution in [0.1, 0.15) is 52.4 Å². The summed E-state index contributed by atoms with van der Waals surface area (Å²) in [4.78, 5) is 13.5. The molecule has 15 heavy (non-hydrogen) atoms. The molecule has 1 aliphatic carbocycles. The predicted molar refractivity (Wildman–Crippen MR) is 59.4 cm³/mol. The van der Waals surface area contributed by atoms with E-state index >= 15 is 0 Å². The fraction of sp³-hybridized carbons (Fsp3) is 0.917. The van der Waals surface area contributed by atoms with Crippen molar-refractivity contribution in [1.82, 2.24) is 4.90 Å². The van der Waals surface area contributed by atoms with Crippen molar-refractivity contribution in [3.8, 4) is 0 Å². The summed E-state index contributed by atoms with van der Waals surface area (Å²) in [5.41, 5.74) is -1.69. The number of amides is 1. The van der Waals surface area contributed by atoms with Gasteiger partial charge in [-0.05, 0) is 26.2 Å². The lowest BCUT2D eigenvalue weighted by molar-refractivity contribution is -0.144. The molecule has 88 valence electrons. The van der Waals surface area contributed by atoms with E-state index in [0.717, 1.165) is 25.7 Å². The number of hydrogen-bond donors (Lipinski definition) is 0. The van der Waals surface area contributed by atoms with Crippen molar-refractivity contribution in [2.24, 2.45) is 0 Å². The maximum absolute atomic E-state index is 13.8. The summed E-state index contributed by atoms with van der Waals surface area (Å²) in [6.07, 6.45) is 5.89. The summed E-state index contributed by atoms with van der Waals surface area (Å²) in [5.74, 6) is -0.350. The fourth-order valence-electron chi connectivity index (χ4n) is 2.15. The zero-order valence-electron chi connectivity index (χ0n) is 10.1. The van der Waals surface area contributed by atoms with Gasteiger partial charge in [-0.15, -0.1) is 0 Å². The Bertz CT molecular complexity index is 222. The minimum absolute atomic E-state index is 0.253. The highest BCUT2D eigenvalue weighted by Gasteiger charge is 2.36. The number of hydrogen-bond acceptors (Lipinski definition) is 1. The van der Waals surface area contributed by atoms with Crippen molar-refractivity contribution in [3.63, 3.8) is 0 Å². The van der Waals surface area contributed by atoms with Gasteiger partial charge in [-0.25, -0.2) is 4.39 Å². The lowest BCUT2D eigenvalue weighted by atomic mass is 9.93. The molecule has 1 atom stereocenters. The lowest BCUT2D eigenvalue weighted by Crippen LogP contribution is -2.47. The number of halogens is 1. The molecule has 0 aromatic rings. The van der Waals surface area contributed by atoms with E-state index < -0.39 is 5.67 Å². The molecule has 0 aromatic heterocycles. The van der Waals surface area contributed by atoms with Crippen molar-refractivity contribution >= 4 is 5.91 Å². The van der Waals surface area contributed by atoms with Crippen LogP contribution in [-0.2, 0) is 4.79 Å². The summed E-state index contributed by atoms with van der Waals surface area (Å²) >= 11 is 0. The number of nitrogens with zero attached hydrogens (tertiary/aromatic N) is 1. The van der Waals surface area contributed by atoms with Gasteiger partial charge in [0.05, 0.1) is 0 Å². The van der Waals surface area contributed by atoms with Crippen LogP contribution in [0.15, 0.2) is 0 Å². The first-order chi connectivity index (χ1) is 6.99. The van der Waals surface area contributed by atoms with Crippen LogP contribution in [0.25, 0.3) is 0 Å². The minimum atomic E-state index is -1.69. The first-order valence-electron chi connectivity index (χ1n) is 5.95. The van der Waals surface area contributed by atoms with Gasteiger partial charge in [-0.2, -0.15) is 0 Å². The second-order valence-electron chi connectivity index (χ2n) is 4.76. The molecule has 1 saturated carbocycles. The van der Waals surface area contributed by atoms with Gasteiger partial charge in [0, 0.05) is 13.1 Å². The lowest BCUT2D eigenvalue weighted by Gasteiger charge is -2.34. The zero-order valence-corrected chi connectivity index (χ0v) is 10.1. The Morgan fingerprint density at radius 3 is 2.40 bits per heavy atom. The second kappa shape index (κ2) is 4.95. The van der Waals surface area contributed by atoms with Gasteiger partial charge < -0.3 is 4.90 Å².